The number of nitrogens with zero attached hydrogens (tertiary/aromatic N) is 4. The van der Waals surface area contributed by atoms with Crippen LogP contribution in [0.5, 0.6) is 0 Å². The minimum atomic E-state index is 0.552. The molecule has 5 aromatic rings. The number of anilines is 1. The van der Waals surface area contributed by atoms with E-state index in [-0.39, 0.29) is 0 Å². The van der Waals surface area contributed by atoms with Crippen molar-refractivity contribution in [3.63, 3.8) is 0 Å². The standard InChI is InChI=1S/C26H23N5O/c1-16-8-6-9-19(14-16)21-11-7-12-22-24(21)25(28-15-20-10-4-5-13-27-20)30-26(29-22)23-17(2)31-32-18(23)3/h4-14H,15H2,1-3H3,(H,28,29,30). The molecule has 5 rings (SSSR count). The lowest BCUT2D eigenvalue weighted by atomic mass is 9.99. The molecule has 0 amide bonds. The summed E-state index contributed by atoms with van der Waals surface area (Å²) < 4.78 is 5.38. The van der Waals surface area contributed by atoms with Crippen LogP contribution in [0.2, 0.25) is 0 Å². The highest BCUT2D eigenvalue weighted by Gasteiger charge is 2.19. The highest BCUT2D eigenvalue weighted by Crippen LogP contribution is 2.35. The molecule has 0 fully saturated rings. The molecule has 0 aliphatic carbocycles. The molecule has 2 aromatic carbocycles. The van der Waals surface area contributed by atoms with Crippen LogP contribution in [0.3, 0.4) is 0 Å². The van der Waals surface area contributed by atoms with Crippen LogP contribution in [0.1, 0.15) is 22.7 Å². The van der Waals surface area contributed by atoms with Crippen molar-refractivity contribution in [2.45, 2.75) is 27.3 Å². The zero-order chi connectivity index (χ0) is 22.1. The zero-order valence-corrected chi connectivity index (χ0v) is 18.3. The minimum Gasteiger partial charge on any atom is -0.364 e. The van der Waals surface area contributed by atoms with Crippen LogP contribution in [-0.2, 0) is 6.54 Å². The van der Waals surface area contributed by atoms with Crippen molar-refractivity contribution in [3.05, 3.63) is 89.6 Å². The molecule has 0 unspecified atom stereocenters. The van der Waals surface area contributed by atoms with Gasteiger partial charge < -0.3 is 9.84 Å². The third kappa shape index (κ3) is 3.71. The SMILES string of the molecule is Cc1cccc(-c2cccc3nc(-c4c(C)noc4C)nc(NCc4ccccn4)c23)c1. The van der Waals surface area contributed by atoms with Gasteiger partial charge in [-0.15, -0.1) is 0 Å². The third-order valence-corrected chi connectivity index (χ3v) is 5.47. The zero-order valence-electron chi connectivity index (χ0n) is 18.3. The molecule has 6 heteroatoms. The summed E-state index contributed by atoms with van der Waals surface area (Å²) in [6.45, 7) is 6.44. The van der Waals surface area contributed by atoms with Gasteiger partial charge in [-0.05, 0) is 50.1 Å². The van der Waals surface area contributed by atoms with Crippen LogP contribution in [0.25, 0.3) is 33.4 Å². The van der Waals surface area contributed by atoms with Gasteiger partial charge in [-0.2, -0.15) is 0 Å². The fourth-order valence-corrected chi connectivity index (χ4v) is 3.96. The maximum absolute atomic E-state index is 5.38. The van der Waals surface area contributed by atoms with E-state index in [9.17, 15) is 0 Å². The van der Waals surface area contributed by atoms with Crippen molar-refractivity contribution in [1.29, 1.82) is 0 Å². The molecule has 3 heterocycles. The van der Waals surface area contributed by atoms with Gasteiger partial charge in [0.1, 0.15) is 11.6 Å². The van der Waals surface area contributed by atoms with Gasteiger partial charge in [0.25, 0.3) is 0 Å². The third-order valence-electron chi connectivity index (χ3n) is 5.47. The lowest BCUT2D eigenvalue weighted by Gasteiger charge is -2.14. The monoisotopic (exact) mass is 421 g/mol. The predicted octanol–water partition coefficient (Wildman–Crippen LogP) is 5.88. The fraction of sp³-hybridized carbons (Fsp3) is 0.154. The summed E-state index contributed by atoms with van der Waals surface area (Å²) in [5.74, 6) is 2.05. The molecule has 0 bridgehead atoms. The van der Waals surface area contributed by atoms with Gasteiger partial charge in [0.2, 0.25) is 0 Å². The lowest BCUT2D eigenvalue weighted by Crippen LogP contribution is -2.06. The van der Waals surface area contributed by atoms with Crippen LogP contribution in [0.4, 0.5) is 5.82 Å². The molecule has 32 heavy (non-hydrogen) atoms. The van der Waals surface area contributed by atoms with Crippen molar-refractivity contribution < 1.29 is 4.52 Å². The van der Waals surface area contributed by atoms with Crippen LogP contribution in [0, 0.1) is 20.8 Å². The number of hydrogen-bond donors (Lipinski definition) is 1. The molecule has 0 radical (unpaired) electrons. The first kappa shape index (κ1) is 19.9. The number of aromatic nitrogens is 4. The summed E-state index contributed by atoms with van der Waals surface area (Å²) in [6, 6.07) is 20.5. The Labute approximate surface area is 186 Å². The first-order valence-electron chi connectivity index (χ1n) is 10.5. The molecule has 0 saturated carbocycles. The quantitative estimate of drug-likeness (QED) is 0.382. The fourth-order valence-electron chi connectivity index (χ4n) is 3.96. The Hall–Kier alpha value is -4.06. The molecule has 1 N–H and O–H groups in total. The second-order valence-corrected chi connectivity index (χ2v) is 7.84. The second-order valence-electron chi connectivity index (χ2n) is 7.84. The van der Waals surface area contributed by atoms with Crippen molar-refractivity contribution >= 4 is 16.7 Å². The lowest BCUT2D eigenvalue weighted by molar-refractivity contribution is 0.393. The smallest absolute Gasteiger partial charge is 0.167 e. The molecular weight excluding hydrogens is 398 g/mol. The van der Waals surface area contributed by atoms with Gasteiger partial charge in [-0.1, -0.05) is 53.2 Å². The van der Waals surface area contributed by atoms with Gasteiger partial charge in [-0.25, -0.2) is 9.97 Å². The Morgan fingerprint density at radius 3 is 2.53 bits per heavy atom. The molecule has 0 saturated heterocycles. The van der Waals surface area contributed by atoms with E-state index >= 15 is 0 Å². The first-order valence-corrected chi connectivity index (χ1v) is 10.5. The van der Waals surface area contributed by atoms with Gasteiger partial charge >= 0.3 is 0 Å². The number of fused-ring (bicyclic) bond motifs is 1. The molecule has 158 valence electrons. The highest BCUT2D eigenvalue weighted by molar-refractivity contribution is 6.02. The summed E-state index contributed by atoms with van der Waals surface area (Å²) in [5, 5.41) is 8.57. The number of pyridine rings is 1. The highest BCUT2D eigenvalue weighted by atomic mass is 16.5. The van der Waals surface area contributed by atoms with Crippen molar-refractivity contribution in [2.75, 3.05) is 5.32 Å². The summed E-state index contributed by atoms with van der Waals surface area (Å²) >= 11 is 0. The maximum Gasteiger partial charge on any atom is 0.167 e. The molecule has 0 aliphatic heterocycles. The minimum absolute atomic E-state index is 0.552. The topological polar surface area (TPSA) is 76.7 Å². The molecule has 3 aromatic heterocycles. The van der Waals surface area contributed by atoms with E-state index in [1.54, 1.807) is 6.20 Å². The van der Waals surface area contributed by atoms with Gasteiger partial charge in [0.15, 0.2) is 5.82 Å². The van der Waals surface area contributed by atoms with E-state index in [4.69, 9.17) is 14.5 Å². The predicted molar refractivity (Wildman–Crippen MR) is 126 cm³/mol. The van der Waals surface area contributed by atoms with Gasteiger partial charge in [0.05, 0.1) is 34.4 Å². The number of aryl methyl sites for hydroxylation is 3. The number of nitrogens with one attached hydrogen (secondary N) is 1. The van der Waals surface area contributed by atoms with E-state index in [0.29, 0.717) is 18.1 Å². The Kier molecular flexibility index (Phi) is 5.11. The molecule has 0 spiro atoms. The average molecular weight is 422 g/mol. The van der Waals surface area contributed by atoms with E-state index in [1.165, 1.54) is 5.56 Å². The molecular formula is C26H23N5O. The van der Waals surface area contributed by atoms with Gasteiger partial charge in [-0.3, -0.25) is 4.98 Å². The normalized spacial score (nSPS) is 11.1. The summed E-state index contributed by atoms with van der Waals surface area (Å²) in [5.41, 5.74) is 6.81. The van der Waals surface area contributed by atoms with Crippen molar-refractivity contribution in [3.8, 4) is 22.5 Å². The first-order chi connectivity index (χ1) is 15.6. The average Bonchev–Trinajstić information content (AvgIpc) is 3.15. The Morgan fingerprint density at radius 2 is 1.78 bits per heavy atom. The second kappa shape index (κ2) is 8.23. The Morgan fingerprint density at radius 1 is 0.906 bits per heavy atom. The van der Waals surface area contributed by atoms with Crippen LogP contribution in [-0.4, -0.2) is 20.1 Å². The summed E-state index contributed by atoms with van der Waals surface area (Å²) in [6.07, 6.45) is 1.79. The maximum atomic E-state index is 5.38. The van der Waals surface area contributed by atoms with Crippen LogP contribution < -0.4 is 5.32 Å². The number of rotatable bonds is 5. The molecule has 0 aliphatic rings. The van der Waals surface area contributed by atoms with Gasteiger partial charge in [0, 0.05) is 6.20 Å². The van der Waals surface area contributed by atoms with E-state index in [2.05, 4.69) is 52.7 Å². The Bertz CT molecular complexity index is 1390. The number of hydrogen-bond acceptors (Lipinski definition) is 6. The largest absolute Gasteiger partial charge is 0.364 e. The number of benzene rings is 2. The van der Waals surface area contributed by atoms with Crippen molar-refractivity contribution in [2.24, 2.45) is 0 Å². The van der Waals surface area contributed by atoms with E-state index < -0.39 is 0 Å². The van der Waals surface area contributed by atoms with Crippen LogP contribution in [0.15, 0.2) is 71.4 Å². The van der Waals surface area contributed by atoms with E-state index in [0.717, 1.165) is 44.8 Å². The van der Waals surface area contributed by atoms with Crippen molar-refractivity contribution in [1.82, 2.24) is 20.1 Å². The van der Waals surface area contributed by atoms with Crippen LogP contribution >= 0.6 is 0 Å². The van der Waals surface area contributed by atoms with E-state index in [1.807, 2.05) is 44.2 Å². The Balaban J connectivity index is 1.71. The summed E-state index contributed by atoms with van der Waals surface area (Å²) in [4.78, 5) is 14.3. The molecule has 0 atom stereocenters. The molecule has 6 nitrogen and oxygen atoms in total. The summed E-state index contributed by atoms with van der Waals surface area (Å²) in [7, 11) is 0.